The monoisotopic (exact) mass is 277 g/mol. The topological polar surface area (TPSA) is 30.0 Å². The maximum Gasteiger partial charge on any atom is 0.0781 e. The summed E-state index contributed by atoms with van der Waals surface area (Å²) in [4.78, 5) is 7.14. The van der Waals surface area contributed by atoms with Crippen LogP contribution in [0.3, 0.4) is 0 Å². The molecule has 0 bridgehead atoms. The number of nitrogens with zero attached hydrogens (tertiary/aromatic N) is 3. The zero-order valence-corrected chi connectivity index (χ0v) is 12.9. The highest BCUT2D eigenvalue weighted by atomic mass is 16.3. The summed E-state index contributed by atoms with van der Waals surface area (Å²) in [5.74, 6) is 0. The third-order valence-corrected chi connectivity index (χ3v) is 3.96. The Hall–Kier alpha value is -1.10. The van der Waals surface area contributed by atoms with E-state index >= 15 is 0 Å². The molecule has 0 radical (unpaired) electrons. The van der Waals surface area contributed by atoms with Gasteiger partial charge in [-0.25, -0.2) is 0 Å². The largest absolute Gasteiger partial charge is 0.389 e. The molecule has 0 amide bonds. The highest BCUT2D eigenvalue weighted by Gasteiger charge is 2.19. The molecule has 1 fully saturated rings. The number of para-hydroxylation sites is 1. The third-order valence-electron chi connectivity index (χ3n) is 3.96. The van der Waals surface area contributed by atoms with Gasteiger partial charge in [0.05, 0.1) is 6.10 Å². The summed E-state index contributed by atoms with van der Waals surface area (Å²) in [6.45, 7) is 8.37. The van der Waals surface area contributed by atoms with Crippen LogP contribution in [0.15, 0.2) is 24.3 Å². The highest BCUT2D eigenvalue weighted by Crippen LogP contribution is 2.26. The molecule has 112 valence electrons. The first kappa shape index (κ1) is 15.3. The van der Waals surface area contributed by atoms with E-state index in [1.807, 2.05) is 19.1 Å². The van der Waals surface area contributed by atoms with Gasteiger partial charge in [0.25, 0.3) is 0 Å². The van der Waals surface area contributed by atoms with Crippen LogP contribution in [-0.4, -0.2) is 68.3 Å². The van der Waals surface area contributed by atoms with E-state index in [0.717, 1.165) is 44.8 Å². The Morgan fingerprint density at radius 1 is 1.15 bits per heavy atom. The summed E-state index contributed by atoms with van der Waals surface area (Å²) in [6, 6.07) is 8.20. The van der Waals surface area contributed by atoms with Gasteiger partial charge < -0.3 is 14.9 Å². The molecule has 1 N–H and O–H groups in total. The van der Waals surface area contributed by atoms with Crippen LogP contribution in [-0.2, 0) is 0 Å². The van der Waals surface area contributed by atoms with Gasteiger partial charge in [-0.15, -0.1) is 0 Å². The zero-order valence-electron chi connectivity index (χ0n) is 12.9. The summed E-state index contributed by atoms with van der Waals surface area (Å²) < 4.78 is 0. The normalized spacial score (nSPS) is 18.6. The molecule has 1 aromatic rings. The van der Waals surface area contributed by atoms with Crippen molar-refractivity contribution in [1.82, 2.24) is 9.80 Å². The van der Waals surface area contributed by atoms with Crippen LogP contribution in [0.4, 0.5) is 5.69 Å². The molecule has 0 aliphatic carbocycles. The summed E-state index contributed by atoms with van der Waals surface area (Å²) in [6.07, 6.45) is -0.405. The Labute approximate surface area is 122 Å². The molecular weight excluding hydrogens is 250 g/mol. The number of hydrogen-bond acceptors (Lipinski definition) is 4. The summed E-state index contributed by atoms with van der Waals surface area (Å²) >= 11 is 0. The lowest BCUT2D eigenvalue weighted by Crippen LogP contribution is -2.48. The lowest BCUT2D eigenvalue weighted by molar-refractivity contribution is 0.198. The second-order valence-corrected chi connectivity index (χ2v) is 5.87. The molecule has 1 aliphatic heterocycles. The van der Waals surface area contributed by atoms with Gasteiger partial charge in [-0.1, -0.05) is 18.2 Å². The van der Waals surface area contributed by atoms with Crippen molar-refractivity contribution in [2.75, 3.05) is 58.3 Å². The summed E-state index contributed by atoms with van der Waals surface area (Å²) in [5, 5.41) is 9.89. The number of likely N-dealkylation sites (N-methyl/N-ethyl adjacent to an activating group) is 1. The molecule has 0 saturated carbocycles. The number of benzene rings is 1. The predicted octanol–water partition coefficient (Wildman–Crippen LogP) is 1.42. The number of rotatable bonds is 5. The molecule has 4 nitrogen and oxygen atoms in total. The number of aliphatic hydroxyl groups excluding tert-OH is 1. The van der Waals surface area contributed by atoms with Gasteiger partial charge in [0.15, 0.2) is 0 Å². The SMILES string of the molecule is CC(O)c1ccccc1N1CCN(CCN(C)C)CC1. The second kappa shape index (κ2) is 7.07. The van der Waals surface area contributed by atoms with Crippen molar-refractivity contribution in [2.24, 2.45) is 0 Å². The Bertz CT molecular complexity index is 412. The first-order chi connectivity index (χ1) is 9.58. The van der Waals surface area contributed by atoms with E-state index in [0.29, 0.717) is 0 Å². The van der Waals surface area contributed by atoms with E-state index in [-0.39, 0.29) is 0 Å². The average molecular weight is 277 g/mol. The first-order valence-corrected chi connectivity index (χ1v) is 7.47. The lowest BCUT2D eigenvalue weighted by atomic mass is 10.1. The molecule has 20 heavy (non-hydrogen) atoms. The van der Waals surface area contributed by atoms with Crippen molar-refractivity contribution in [1.29, 1.82) is 0 Å². The Morgan fingerprint density at radius 3 is 2.40 bits per heavy atom. The van der Waals surface area contributed by atoms with Crippen LogP contribution >= 0.6 is 0 Å². The van der Waals surface area contributed by atoms with E-state index in [2.05, 4.69) is 40.9 Å². The van der Waals surface area contributed by atoms with Gasteiger partial charge in [0.2, 0.25) is 0 Å². The highest BCUT2D eigenvalue weighted by molar-refractivity contribution is 5.54. The molecule has 1 atom stereocenters. The maximum atomic E-state index is 9.89. The first-order valence-electron chi connectivity index (χ1n) is 7.47. The lowest BCUT2D eigenvalue weighted by Gasteiger charge is -2.37. The van der Waals surface area contributed by atoms with E-state index in [1.165, 1.54) is 5.69 Å². The van der Waals surface area contributed by atoms with Crippen LogP contribution in [0.2, 0.25) is 0 Å². The van der Waals surface area contributed by atoms with Crippen molar-refractivity contribution < 1.29 is 5.11 Å². The van der Waals surface area contributed by atoms with Gasteiger partial charge >= 0.3 is 0 Å². The molecule has 1 saturated heterocycles. The van der Waals surface area contributed by atoms with Gasteiger partial charge in [0.1, 0.15) is 0 Å². The minimum absolute atomic E-state index is 0.405. The van der Waals surface area contributed by atoms with Crippen molar-refractivity contribution in [3.05, 3.63) is 29.8 Å². The van der Waals surface area contributed by atoms with Crippen molar-refractivity contribution >= 4 is 5.69 Å². The van der Waals surface area contributed by atoms with Gasteiger partial charge in [-0.05, 0) is 27.1 Å². The molecule has 1 aromatic carbocycles. The van der Waals surface area contributed by atoms with Crippen LogP contribution in [0.5, 0.6) is 0 Å². The quantitative estimate of drug-likeness (QED) is 0.882. The number of hydrogen-bond donors (Lipinski definition) is 1. The fourth-order valence-corrected chi connectivity index (χ4v) is 2.68. The van der Waals surface area contributed by atoms with E-state index in [4.69, 9.17) is 0 Å². The third kappa shape index (κ3) is 3.95. The number of piperazine rings is 1. The smallest absolute Gasteiger partial charge is 0.0781 e. The minimum atomic E-state index is -0.405. The van der Waals surface area contributed by atoms with Gasteiger partial charge in [-0.2, -0.15) is 0 Å². The van der Waals surface area contributed by atoms with Gasteiger partial charge in [-0.3, -0.25) is 4.90 Å². The summed E-state index contributed by atoms with van der Waals surface area (Å²) in [5.41, 5.74) is 2.23. The van der Waals surface area contributed by atoms with Gasteiger partial charge in [0, 0.05) is 50.5 Å². The van der Waals surface area contributed by atoms with E-state index in [9.17, 15) is 5.11 Å². The zero-order chi connectivity index (χ0) is 14.5. The molecule has 0 aromatic heterocycles. The Morgan fingerprint density at radius 2 is 1.80 bits per heavy atom. The van der Waals surface area contributed by atoms with Crippen LogP contribution < -0.4 is 4.90 Å². The van der Waals surface area contributed by atoms with E-state index in [1.54, 1.807) is 0 Å². The predicted molar refractivity (Wildman–Crippen MR) is 84.3 cm³/mol. The molecule has 4 heteroatoms. The van der Waals surface area contributed by atoms with Crippen molar-refractivity contribution in [2.45, 2.75) is 13.0 Å². The molecule has 2 rings (SSSR count). The summed E-state index contributed by atoms with van der Waals surface area (Å²) in [7, 11) is 4.24. The molecule has 1 heterocycles. The fraction of sp³-hybridized carbons (Fsp3) is 0.625. The van der Waals surface area contributed by atoms with Crippen LogP contribution in [0.1, 0.15) is 18.6 Å². The number of aliphatic hydroxyl groups is 1. The van der Waals surface area contributed by atoms with Crippen LogP contribution in [0.25, 0.3) is 0 Å². The Balaban J connectivity index is 1.94. The van der Waals surface area contributed by atoms with Crippen LogP contribution in [0, 0.1) is 0 Å². The second-order valence-electron chi connectivity index (χ2n) is 5.87. The maximum absolute atomic E-state index is 9.89. The standard InChI is InChI=1S/C16H27N3O/c1-14(20)15-6-4-5-7-16(15)19-12-10-18(11-13-19)9-8-17(2)3/h4-7,14,20H,8-13H2,1-3H3. The minimum Gasteiger partial charge on any atom is -0.389 e. The van der Waals surface area contributed by atoms with Crippen molar-refractivity contribution in [3.63, 3.8) is 0 Å². The molecule has 1 aliphatic rings. The molecular formula is C16H27N3O. The fourth-order valence-electron chi connectivity index (χ4n) is 2.68. The van der Waals surface area contributed by atoms with E-state index < -0.39 is 6.10 Å². The molecule has 1 unspecified atom stereocenters. The number of anilines is 1. The molecule has 0 spiro atoms. The Kier molecular flexibility index (Phi) is 5.40. The van der Waals surface area contributed by atoms with Crippen molar-refractivity contribution in [3.8, 4) is 0 Å². The average Bonchev–Trinajstić information content (AvgIpc) is 2.45.